The molecular formula is C21H30N10O9S2. The van der Waals surface area contributed by atoms with Crippen molar-refractivity contribution in [1.82, 2.24) is 34.9 Å². The van der Waals surface area contributed by atoms with Crippen LogP contribution in [0.15, 0.2) is 16.7 Å². The number of aliphatic carboxylic acids is 1. The lowest BCUT2D eigenvalue weighted by Crippen LogP contribution is -2.66. The number of hydrogen-bond donors (Lipinski definition) is 6. The van der Waals surface area contributed by atoms with E-state index in [9.17, 15) is 37.3 Å². The highest BCUT2D eigenvalue weighted by Gasteiger charge is 2.53. The molecule has 0 unspecified atom stereocenters. The number of rotatable bonds is 15. The van der Waals surface area contributed by atoms with Gasteiger partial charge in [0.15, 0.2) is 10.8 Å². The summed E-state index contributed by atoms with van der Waals surface area (Å²) < 4.78 is 33.6. The summed E-state index contributed by atoms with van der Waals surface area (Å²) in [6, 6.07) is -1.19. The summed E-state index contributed by atoms with van der Waals surface area (Å²) in [4.78, 5) is 58.9. The summed E-state index contributed by atoms with van der Waals surface area (Å²) in [5.41, 5.74) is 9.08. The molecule has 0 aromatic carbocycles. The molecule has 0 spiro atoms. The van der Waals surface area contributed by atoms with Crippen molar-refractivity contribution in [2.24, 2.45) is 16.8 Å². The van der Waals surface area contributed by atoms with Gasteiger partial charge in [-0.3, -0.25) is 18.9 Å². The fraction of sp³-hybridized carbons (Fsp3) is 0.524. The molecule has 2 aromatic rings. The lowest BCUT2D eigenvalue weighted by molar-refractivity contribution is -0.161. The first-order valence-electron chi connectivity index (χ1n) is 12.3. The minimum absolute atomic E-state index is 0.0318. The summed E-state index contributed by atoms with van der Waals surface area (Å²) in [6.45, 7) is 2.11. The highest BCUT2D eigenvalue weighted by atomic mass is 32.2. The number of carbonyl (C=O) groups is 4. The largest absolute Gasteiger partial charge is 0.478 e. The SMILES string of the molecule is CC(C)(O/N=C(\C(=O)NC[C@@H]1C(=O)N(S(=O)(=O)O)[C@@H]1Cn1ncc(CNC(=O)CCCN)n1)c1csc(N)n1)C(=O)O. The fourth-order valence-electron chi connectivity index (χ4n) is 3.58. The van der Waals surface area contributed by atoms with Crippen LogP contribution in [-0.2, 0) is 47.4 Å². The van der Waals surface area contributed by atoms with Crippen LogP contribution in [0, 0.1) is 5.92 Å². The molecule has 0 aliphatic carbocycles. The quantitative estimate of drug-likeness (QED) is 0.0522. The number of thiazole rings is 1. The fourth-order valence-corrected chi connectivity index (χ4v) is 5.04. The molecule has 0 saturated carbocycles. The van der Waals surface area contributed by atoms with Crippen LogP contribution in [0.1, 0.15) is 38.1 Å². The molecule has 42 heavy (non-hydrogen) atoms. The van der Waals surface area contributed by atoms with Gasteiger partial charge in [0.1, 0.15) is 11.4 Å². The predicted octanol–water partition coefficient (Wildman–Crippen LogP) is -2.30. The highest BCUT2D eigenvalue weighted by Crippen LogP contribution is 2.30. The summed E-state index contributed by atoms with van der Waals surface area (Å²) in [7, 11) is -4.96. The topological polar surface area (TPSA) is 287 Å². The van der Waals surface area contributed by atoms with Gasteiger partial charge < -0.3 is 32.0 Å². The Kier molecular flexibility index (Phi) is 10.1. The molecule has 1 fully saturated rings. The number of β-lactam (4-membered cyclic amide) rings is 1. The second-order valence-corrected chi connectivity index (χ2v) is 11.7. The minimum atomic E-state index is -4.96. The maximum atomic E-state index is 13.0. The summed E-state index contributed by atoms with van der Waals surface area (Å²) in [5, 5.41) is 27.6. The van der Waals surface area contributed by atoms with Gasteiger partial charge in [-0.1, -0.05) is 5.16 Å². The molecular weight excluding hydrogens is 600 g/mol. The van der Waals surface area contributed by atoms with E-state index in [4.69, 9.17) is 16.3 Å². The van der Waals surface area contributed by atoms with Crippen LogP contribution in [0.2, 0.25) is 0 Å². The Labute approximate surface area is 243 Å². The Morgan fingerprint density at radius 3 is 2.60 bits per heavy atom. The van der Waals surface area contributed by atoms with Crippen LogP contribution in [0.5, 0.6) is 0 Å². The molecule has 0 bridgehead atoms. The number of nitrogens with one attached hydrogen (secondary N) is 2. The van der Waals surface area contributed by atoms with Crippen molar-refractivity contribution in [1.29, 1.82) is 0 Å². The van der Waals surface area contributed by atoms with Crippen molar-refractivity contribution in [3.63, 3.8) is 0 Å². The maximum absolute atomic E-state index is 13.0. The van der Waals surface area contributed by atoms with E-state index in [2.05, 4.69) is 31.0 Å². The molecule has 21 heteroatoms. The van der Waals surface area contributed by atoms with Gasteiger partial charge in [0.05, 0.1) is 31.2 Å². The normalized spacial score (nSPS) is 17.5. The molecule has 1 saturated heterocycles. The number of nitrogens with two attached hydrogens (primary N) is 2. The zero-order valence-corrected chi connectivity index (χ0v) is 24.1. The molecule has 8 N–H and O–H groups in total. The lowest BCUT2D eigenvalue weighted by Gasteiger charge is -2.43. The Hall–Kier alpha value is -4.21. The van der Waals surface area contributed by atoms with Gasteiger partial charge in [-0.15, -0.1) is 11.3 Å². The number of amides is 3. The van der Waals surface area contributed by atoms with Gasteiger partial charge in [0, 0.05) is 18.3 Å². The number of carbonyl (C=O) groups excluding carboxylic acids is 3. The van der Waals surface area contributed by atoms with Gasteiger partial charge in [-0.25, -0.2) is 14.1 Å². The molecule has 19 nitrogen and oxygen atoms in total. The molecule has 3 rings (SSSR count). The van der Waals surface area contributed by atoms with E-state index in [0.29, 0.717) is 18.7 Å². The van der Waals surface area contributed by atoms with E-state index in [-0.39, 0.29) is 40.5 Å². The number of hydrogen-bond acceptors (Lipinski definition) is 14. The summed E-state index contributed by atoms with van der Waals surface area (Å²) >= 11 is 0.979. The zero-order chi connectivity index (χ0) is 31.2. The Balaban J connectivity index is 1.73. The second kappa shape index (κ2) is 13.2. The predicted molar refractivity (Wildman–Crippen MR) is 145 cm³/mol. The average molecular weight is 631 g/mol. The summed E-state index contributed by atoms with van der Waals surface area (Å²) in [5.74, 6) is -4.67. The van der Waals surface area contributed by atoms with E-state index in [1.807, 2.05) is 0 Å². The van der Waals surface area contributed by atoms with E-state index < -0.39 is 57.9 Å². The zero-order valence-electron chi connectivity index (χ0n) is 22.5. The first-order chi connectivity index (χ1) is 19.6. The second-order valence-electron chi connectivity index (χ2n) is 9.47. The smallest absolute Gasteiger partial charge is 0.362 e. The van der Waals surface area contributed by atoms with Crippen molar-refractivity contribution in [3.05, 3.63) is 23.0 Å². The third-order valence-electron chi connectivity index (χ3n) is 5.90. The van der Waals surface area contributed by atoms with Gasteiger partial charge in [0.2, 0.25) is 17.4 Å². The molecule has 3 heterocycles. The van der Waals surface area contributed by atoms with Gasteiger partial charge in [0.25, 0.3) is 5.91 Å². The molecule has 0 radical (unpaired) electrons. The Morgan fingerprint density at radius 2 is 2.00 bits per heavy atom. The van der Waals surface area contributed by atoms with Gasteiger partial charge in [-0.05, 0) is 26.8 Å². The number of oxime groups is 1. The lowest BCUT2D eigenvalue weighted by atomic mass is 9.90. The first kappa shape index (κ1) is 32.3. The molecule has 1 aliphatic rings. The van der Waals surface area contributed by atoms with Crippen molar-refractivity contribution < 1.29 is 42.1 Å². The third kappa shape index (κ3) is 7.96. The van der Waals surface area contributed by atoms with E-state index in [1.165, 1.54) is 25.4 Å². The van der Waals surface area contributed by atoms with E-state index in [0.717, 1.165) is 16.1 Å². The average Bonchev–Trinajstić information content (AvgIpc) is 3.53. The summed E-state index contributed by atoms with van der Waals surface area (Å²) in [6.07, 6.45) is 2.08. The van der Waals surface area contributed by atoms with E-state index in [1.54, 1.807) is 0 Å². The number of anilines is 1. The van der Waals surface area contributed by atoms with Crippen LogP contribution < -0.4 is 22.1 Å². The number of carboxylic acid groups (broad SMARTS) is 1. The van der Waals surface area contributed by atoms with Crippen LogP contribution in [0.4, 0.5) is 5.13 Å². The third-order valence-corrected chi connectivity index (χ3v) is 7.52. The van der Waals surface area contributed by atoms with Crippen molar-refractivity contribution in [3.8, 4) is 0 Å². The number of carboxylic acids is 1. The molecule has 1 aliphatic heterocycles. The van der Waals surface area contributed by atoms with Crippen molar-refractivity contribution >= 4 is 56.2 Å². The standard InChI is InChI=1S/C21H30N10O9S2/c1-21(2,19(35)36)40-29-16(13-10-41-20(23)27-13)17(33)25-8-12-14(31(18(12)34)42(37,38)39)9-30-26-7-11(28-30)6-24-15(32)4-3-5-22/h7,10,12,14H,3-6,8-9,22H2,1-2H3,(H2,23,27)(H,24,32)(H,25,33)(H,35,36)(H,37,38,39)/b29-16-/t12-,14+/m0/s1. The van der Waals surface area contributed by atoms with E-state index >= 15 is 0 Å². The number of nitrogen functional groups attached to an aromatic ring is 1. The monoisotopic (exact) mass is 630 g/mol. The van der Waals surface area contributed by atoms with Gasteiger partial charge in [-0.2, -0.15) is 23.4 Å². The van der Waals surface area contributed by atoms with Crippen LogP contribution in [-0.4, -0.2) is 96.5 Å². The van der Waals surface area contributed by atoms with Crippen molar-refractivity contribution in [2.45, 2.75) is 51.4 Å². The maximum Gasteiger partial charge on any atom is 0.362 e. The van der Waals surface area contributed by atoms with Gasteiger partial charge >= 0.3 is 16.3 Å². The number of nitrogens with zero attached hydrogens (tertiary/aromatic N) is 6. The van der Waals surface area contributed by atoms with Crippen LogP contribution in [0.25, 0.3) is 0 Å². The van der Waals surface area contributed by atoms with Crippen molar-refractivity contribution in [2.75, 3.05) is 18.8 Å². The Bertz CT molecular complexity index is 1470. The molecule has 3 amide bonds. The minimum Gasteiger partial charge on any atom is -0.478 e. The highest BCUT2D eigenvalue weighted by molar-refractivity contribution is 7.84. The Morgan fingerprint density at radius 1 is 1.29 bits per heavy atom. The molecule has 230 valence electrons. The van der Waals surface area contributed by atoms with Crippen LogP contribution in [0.3, 0.4) is 0 Å². The number of aromatic nitrogens is 4. The first-order valence-corrected chi connectivity index (χ1v) is 14.6. The molecule has 2 aromatic heterocycles. The van der Waals surface area contributed by atoms with Crippen LogP contribution >= 0.6 is 11.3 Å². The molecule has 2 atom stereocenters.